The van der Waals surface area contributed by atoms with Crippen molar-refractivity contribution in [3.63, 3.8) is 0 Å². The van der Waals surface area contributed by atoms with E-state index in [0.29, 0.717) is 13.2 Å². The van der Waals surface area contributed by atoms with E-state index in [0.717, 1.165) is 11.8 Å². The average Bonchev–Trinajstić information content (AvgIpc) is 2.78. The van der Waals surface area contributed by atoms with Gasteiger partial charge in [-0.15, -0.1) is 6.58 Å². The molecule has 2 aromatic carbocycles. The molecule has 0 N–H and O–H groups in total. The molecule has 0 radical (unpaired) electrons. The molecular formula is C28H36O. The van der Waals surface area contributed by atoms with Gasteiger partial charge in [0.25, 0.3) is 0 Å². The highest BCUT2D eigenvalue weighted by Crippen LogP contribution is 2.37. The lowest BCUT2D eigenvalue weighted by Crippen LogP contribution is -2.13. The molecule has 0 bridgehead atoms. The Kier molecular flexibility index (Phi) is 8.77. The second kappa shape index (κ2) is 11.8. The van der Waals surface area contributed by atoms with Crippen LogP contribution in [0.4, 0.5) is 0 Å². The Morgan fingerprint density at radius 1 is 0.828 bits per heavy atom. The molecule has 3 rings (SSSR count). The molecule has 1 fully saturated rings. The predicted octanol–water partition coefficient (Wildman–Crippen LogP) is 7.72. The van der Waals surface area contributed by atoms with Crippen LogP contribution in [0.25, 0.3) is 6.08 Å². The molecule has 0 spiro atoms. The minimum Gasteiger partial charge on any atom is -0.373 e. The minimum atomic E-state index is 0.618. The van der Waals surface area contributed by atoms with Crippen molar-refractivity contribution >= 4 is 6.08 Å². The van der Waals surface area contributed by atoms with E-state index >= 15 is 0 Å². The number of benzene rings is 2. The van der Waals surface area contributed by atoms with E-state index in [-0.39, 0.29) is 0 Å². The molecule has 1 aliphatic rings. The Morgan fingerprint density at radius 2 is 1.52 bits per heavy atom. The highest BCUT2D eigenvalue weighted by molar-refractivity contribution is 5.47. The van der Waals surface area contributed by atoms with E-state index in [1.54, 1.807) is 6.08 Å². The van der Waals surface area contributed by atoms with Crippen LogP contribution in [0, 0.1) is 5.92 Å². The van der Waals surface area contributed by atoms with Crippen molar-refractivity contribution in [1.82, 2.24) is 0 Å². The monoisotopic (exact) mass is 388 g/mol. The molecule has 0 saturated heterocycles. The van der Waals surface area contributed by atoms with Gasteiger partial charge in [0.1, 0.15) is 0 Å². The Bertz CT molecular complexity index is 733. The molecular weight excluding hydrogens is 352 g/mol. The summed E-state index contributed by atoms with van der Waals surface area (Å²) in [4.78, 5) is 0. The summed E-state index contributed by atoms with van der Waals surface area (Å²) in [6, 6.07) is 17.9. The summed E-state index contributed by atoms with van der Waals surface area (Å²) in [7, 11) is 0. The van der Waals surface area contributed by atoms with Crippen molar-refractivity contribution in [2.75, 3.05) is 6.61 Å². The number of ether oxygens (including phenoxy) is 1. The van der Waals surface area contributed by atoms with Crippen LogP contribution in [0.2, 0.25) is 0 Å². The van der Waals surface area contributed by atoms with E-state index in [2.05, 4.69) is 61.7 Å². The number of unbranched alkanes of at least 4 members (excludes halogenated alkanes) is 1. The standard InChI is InChI=1S/C28H36O/c1-3-21-29-22-26-15-19-28(20-16-26)27-17-13-25(14-18-27)8-6-5-7-24-11-9-23(4-2)10-12-24/h3-4,9-12,15-16,19-20,25,27H,1-2,5-8,13-14,17-18,21-22H2/t25-,27-. The van der Waals surface area contributed by atoms with Gasteiger partial charge < -0.3 is 4.74 Å². The number of rotatable bonds is 11. The molecule has 1 nitrogen and oxygen atoms in total. The fourth-order valence-corrected chi connectivity index (χ4v) is 4.51. The highest BCUT2D eigenvalue weighted by Gasteiger charge is 2.22. The normalized spacial score (nSPS) is 19.0. The third kappa shape index (κ3) is 7.01. The quantitative estimate of drug-likeness (QED) is 0.283. The van der Waals surface area contributed by atoms with Crippen LogP contribution in [0.15, 0.2) is 67.8 Å². The highest BCUT2D eigenvalue weighted by atomic mass is 16.5. The van der Waals surface area contributed by atoms with Crippen LogP contribution in [0.1, 0.15) is 73.1 Å². The summed E-state index contributed by atoms with van der Waals surface area (Å²) in [5, 5.41) is 0. The summed E-state index contributed by atoms with van der Waals surface area (Å²) >= 11 is 0. The first-order valence-electron chi connectivity index (χ1n) is 11.3. The van der Waals surface area contributed by atoms with Gasteiger partial charge in [-0.05, 0) is 72.6 Å². The van der Waals surface area contributed by atoms with E-state index in [9.17, 15) is 0 Å². The van der Waals surface area contributed by atoms with Crippen molar-refractivity contribution in [2.24, 2.45) is 5.92 Å². The molecule has 1 heteroatoms. The zero-order valence-corrected chi connectivity index (χ0v) is 17.8. The lowest BCUT2D eigenvalue weighted by molar-refractivity contribution is 0.149. The smallest absolute Gasteiger partial charge is 0.0721 e. The van der Waals surface area contributed by atoms with Gasteiger partial charge >= 0.3 is 0 Å². The maximum Gasteiger partial charge on any atom is 0.0721 e. The van der Waals surface area contributed by atoms with Gasteiger partial charge in [-0.1, -0.05) is 80.1 Å². The fourth-order valence-electron chi connectivity index (χ4n) is 4.51. The maximum absolute atomic E-state index is 5.53. The molecule has 1 saturated carbocycles. The molecule has 0 aliphatic heterocycles. The van der Waals surface area contributed by atoms with Gasteiger partial charge in [0.05, 0.1) is 13.2 Å². The van der Waals surface area contributed by atoms with Crippen LogP contribution < -0.4 is 0 Å². The van der Waals surface area contributed by atoms with Gasteiger partial charge in [0, 0.05) is 0 Å². The summed E-state index contributed by atoms with van der Waals surface area (Å²) in [6.07, 6.45) is 14.5. The number of aryl methyl sites for hydroxylation is 1. The molecule has 0 heterocycles. The molecule has 0 aromatic heterocycles. The van der Waals surface area contributed by atoms with E-state index in [1.165, 1.54) is 73.6 Å². The average molecular weight is 389 g/mol. The van der Waals surface area contributed by atoms with E-state index in [4.69, 9.17) is 4.74 Å². The van der Waals surface area contributed by atoms with Gasteiger partial charge in [-0.25, -0.2) is 0 Å². The fraction of sp³-hybridized carbons (Fsp3) is 0.429. The van der Waals surface area contributed by atoms with Crippen molar-refractivity contribution in [1.29, 1.82) is 0 Å². The summed E-state index contributed by atoms with van der Waals surface area (Å²) in [5.41, 5.74) is 5.43. The summed E-state index contributed by atoms with van der Waals surface area (Å²) in [6.45, 7) is 8.81. The second-order valence-corrected chi connectivity index (χ2v) is 8.45. The Balaban J connectivity index is 1.33. The topological polar surface area (TPSA) is 9.23 Å². The third-order valence-electron chi connectivity index (χ3n) is 6.35. The molecule has 154 valence electrons. The Morgan fingerprint density at radius 3 is 2.17 bits per heavy atom. The number of hydrogen-bond donors (Lipinski definition) is 0. The Hall–Kier alpha value is -2.12. The van der Waals surface area contributed by atoms with E-state index in [1.807, 2.05) is 6.08 Å². The molecule has 2 aromatic rings. The van der Waals surface area contributed by atoms with E-state index < -0.39 is 0 Å². The lowest BCUT2D eigenvalue weighted by Gasteiger charge is -2.29. The molecule has 0 amide bonds. The molecule has 29 heavy (non-hydrogen) atoms. The first-order chi connectivity index (χ1) is 14.3. The zero-order chi connectivity index (χ0) is 20.3. The van der Waals surface area contributed by atoms with Crippen molar-refractivity contribution in [2.45, 2.75) is 63.9 Å². The first kappa shape index (κ1) is 21.6. The predicted molar refractivity (Wildman–Crippen MR) is 125 cm³/mol. The second-order valence-electron chi connectivity index (χ2n) is 8.45. The van der Waals surface area contributed by atoms with Crippen molar-refractivity contribution < 1.29 is 4.74 Å². The van der Waals surface area contributed by atoms with Crippen LogP contribution >= 0.6 is 0 Å². The van der Waals surface area contributed by atoms with Crippen LogP contribution in [0.5, 0.6) is 0 Å². The van der Waals surface area contributed by atoms with Crippen molar-refractivity contribution in [3.05, 3.63) is 90.0 Å². The third-order valence-corrected chi connectivity index (χ3v) is 6.35. The van der Waals surface area contributed by atoms with Gasteiger partial charge in [0.15, 0.2) is 0 Å². The van der Waals surface area contributed by atoms with Crippen LogP contribution in [-0.2, 0) is 17.8 Å². The summed E-state index contributed by atoms with van der Waals surface area (Å²) < 4.78 is 5.53. The minimum absolute atomic E-state index is 0.618. The van der Waals surface area contributed by atoms with Crippen molar-refractivity contribution in [3.8, 4) is 0 Å². The van der Waals surface area contributed by atoms with Gasteiger partial charge in [0.2, 0.25) is 0 Å². The summed E-state index contributed by atoms with van der Waals surface area (Å²) in [5.74, 6) is 1.68. The Labute approximate surface area is 177 Å². The number of hydrogen-bond acceptors (Lipinski definition) is 1. The van der Waals surface area contributed by atoms with Crippen LogP contribution in [-0.4, -0.2) is 6.61 Å². The first-order valence-corrected chi connectivity index (χ1v) is 11.3. The largest absolute Gasteiger partial charge is 0.373 e. The zero-order valence-electron chi connectivity index (χ0n) is 17.8. The lowest BCUT2D eigenvalue weighted by atomic mass is 9.77. The molecule has 0 unspecified atom stereocenters. The molecule has 0 atom stereocenters. The van der Waals surface area contributed by atoms with Gasteiger partial charge in [-0.2, -0.15) is 0 Å². The van der Waals surface area contributed by atoms with Crippen LogP contribution in [0.3, 0.4) is 0 Å². The van der Waals surface area contributed by atoms with Gasteiger partial charge in [-0.3, -0.25) is 0 Å². The maximum atomic E-state index is 5.53. The SMILES string of the molecule is C=CCOCc1ccc([C@H]2CC[C@H](CCCCc3ccc(C=C)cc3)CC2)cc1. The molecule has 1 aliphatic carbocycles.